The van der Waals surface area contributed by atoms with Gasteiger partial charge < -0.3 is 10.1 Å². The van der Waals surface area contributed by atoms with Crippen molar-refractivity contribution < 1.29 is 4.74 Å². The first-order chi connectivity index (χ1) is 8.40. The molecule has 17 heavy (non-hydrogen) atoms. The summed E-state index contributed by atoms with van der Waals surface area (Å²) in [5, 5.41) is 5.67. The molecule has 0 saturated carbocycles. The highest BCUT2D eigenvalue weighted by atomic mass is 16.5. The maximum atomic E-state index is 5.29. The second kappa shape index (κ2) is 4.30. The molecule has 3 rings (SSSR count). The van der Waals surface area contributed by atoms with Crippen LogP contribution in [0.2, 0.25) is 0 Å². The van der Waals surface area contributed by atoms with E-state index >= 15 is 0 Å². The molecule has 1 fully saturated rings. The highest BCUT2D eigenvalue weighted by Gasteiger charge is 2.20. The first-order valence-corrected chi connectivity index (χ1v) is 5.90. The minimum atomic E-state index is 0.403. The van der Waals surface area contributed by atoms with Gasteiger partial charge in [0.2, 0.25) is 5.88 Å². The predicted octanol–water partition coefficient (Wildman–Crippen LogP) is 2.06. The lowest BCUT2D eigenvalue weighted by Crippen LogP contribution is -2.13. The summed E-state index contributed by atoms with van der Waals surface area (Å²) in [4.78, 5) is 8.59. The van der Waals surface area contributed by atoms with Gasteiger partial charge in [-0.15, -0.1) is 0 Å². The second-order valence-corrected chi connectivity index (χ2v) is 4.29. The summed E-state index contributed by atoms with van der Waals surface area (Å²) in [6.45, 7) is 1.08. The smallest absolute Gasteiger partial charge is 0.221 e. The summed E-state index contributed by atoms with van der Waals surface area (Å²) in [5.41, 5.74) is 1.23. The van der Waals surface area contributed by atoms with Crippen LogP contribution >= 0.6 is 0 Å². The van der Waals surface area contributed by atoms with E-state index in [0.717, 1.165) is 23.7 Å². The van der Waals surface area contributed by atoms with Gasteiger partial charge in [-0.3, -0.25) is 4.98 Å². The Morgan fingerprint density at radius 2 is 2.29 bits per heavy atom. The van der Waals surface area contributed by atoms with Gasteiger partial charge in [0, 0.05) is 35.4 Å². The zero-order valence-electron chi connectivity index (χ0n) is 9.81. The van der Waals surface area contributed by atoms with Gasteiger partial charge in [-0.05, 0) is 31.0 Å². The van der Waals surface area contributed by atoms with E-state index in [1.165, 1.54) is 12.0 Å². The van der Waals surface area contributed by atoms with Crippen LogP contribution in [0.15, 0.2) is 24.7 Å². The van der Waals surface area contributed by atoms with Crippen molar-refractivity contribution >= 4 is 10.8 Å². The van der Waals surface area contributed by atoms with E-state index in [1.54, 1.807) is 13.3 Å². The van der Waals surface area contributed by atoms with Crippen molar-refractivity contribution in [1.82, 2.24) is 15.3 Å². The number of fused-ring (bicyclic) bond motifs is 1. The Bertz CT molecular complexity index is 535. The van der Waals surface area contributed by atoms with Gasteiger partial charge in [-0.1, -0.05) is 0 Å². The third-order valence-corrected chi connectivity index (χ3v) is 3.31. The van der Waals surface area contributed by atoms with Crippen LogP contribution < -0.4 is 10.1 Å². The summed E-state index contributed by atoms with van der Waals surface area (Å²) in [7, 11) is 1.65. The fourth-order valence-electron chi connectivity index (χ4n) is 2.47. The summed E-state index contributed by atoms with van der Waals surface area (Å²) in [6.07, 6.45) is 7.97. The van der Waals surface area contributed by atoms with Gasteiger partial charge in [-0.25, -0.2) is 4.98 Å². The van der Waals surface area contributed by atoms with Crippen LogP contribution in [-0.2, 0) is 0 Å². The number of methoxy groups -OCH3 is 1. The molecule has 4 heteroatoms. The number of hydrogen-bond acceptors (Lipinski definition) is 4. The van der Waals surface area contributed by atoms with Crippen LogP contribution in [0.5, 0.6) is 5.88 Å². The maximum absolute atomic E-state index is 5.29. The number of rotatable bonds is 2. The van der Waals surface area contributed by atoms with Crippen molar-refractivity contribution in [2.24, 2.45) is 0 Å². The molecule has 0 radical (unpaired) electrons. The Balaban J connectivity index is 2.19. The minimum Gasteiger partial charge on any atom is -0.481 e. The van der Waals surface area contributed by atoms with E-state index in [1.807, 2.05) is 18.5 Å². The zero-order valence-corrected chi connectivity index (χ0v) is 9.81. The SMILES string of the molecule is COc1ncc([C@@H]2CCCN2)c2cnccc12. The number of pyridine rings is 2. The third-order valence-electron chi connectivity index (χ3n) is 3.31. The van der Waals surface area contributed by atoms with E-state index < -0.39 is 0 Å². The number of ether oxygens (including phenoxy) is 1. The lowest BCUT2D eigenvalue weighted by Gasteiger charge is -2.14. The molecule has 0 unspecified atom stereocenters. The van der Waals surface area contributed by atoms with Crippen LogP contribution in [0, 0.1) is 0 Å². The van der Waals surface area contributed by atoms with Gasteiger partial charge >= 0.3 is 0 Å². The van der Waals surface area contributed by atoms with Gasteiger partial charge in [0.05, 0.1) is 7.11 Å². The molecule has 88 valence electrons. The van der Waals surface area contributed by atoms with Crippen molar-refractivity contribution in [2.75, 3.05) is 13.7 Å². The average molecular weight is 229 g/mol. The molecule has 1 aliphatic heterocycles. The van der Waals surface area contributed by atoms with E-state index in [0.29, 0.717) is 11.9 Å². The first kappa shape index (κ1) is 10.5. The molecule has 0 aromatic carbocycles. The lowest BCUT2D eigenvalue weighted by molar-refractivity contribution is 0.403. The second-order valence-electron chi connectivity index (χ2n) is 4.29. The summed E-state index contributed by atoms with van der Waals surface area (Å²) >= 11 is 0. The van der Waals surface area contributed by atoms with E-state index in [4.69, 9.17) is 4.74 Å². The molecule has 0 aliphatic carbocycles. The molecule has 0 amide bonds. The predicted molar refractivity (Wildman–Crippen MR) is 66.1 cm³/mol. The van der Waals surface area contributed by atoms with Crippen molar-refractivity contribution in [3.63, 3.8) is 0 Å². The zero-order chi connectivity index (χ0) is 11.7. The molecule has 4 nitrogen and oxygen atoms in total. The van der Waals surface area contributed by atoms with Crippen LogP contribution in [-0.4, -0.2) is 23.6 Å². The minimum absolute atomic E-state index is 0.403. The normalized spacial score (nSPS) is 19.7. The molecule has 3 heterocycles. The first-order valence-electron chi connectivity index (χ1n) is 5.90. The molecule has 1 atom stereocenters. The Kier molecular flexibility index (Phi) is 2.65. The van der Waals surface area contributed by atoms with Gasteiger partial charge in [0.15, 0.2) is 0 Å². The monoisotopic (exact) mass is 229 g/mol. The number of hydrogen-bond donors (Lipinski definition) is 1. The number of nitrogens with zero attached hydrogens (tertiary/aromatic N) is 2. The topological polar surface area (TPSA) is 47.0 Å². The van der Waals surface area contributed by atoms with Crippen LogP contribution in [0.25, 0.3) is 10.8 Å². The lowest BCUT2D eigenvalue weighted by atomic mass is 10.0. The fourth-order valence-corrected chi connectivity index (χ4v) is 2.47. The molecule has 0 spiro atoms. The van der Waals surface area contributed by atoms with E-state index in [2.05, 4.69) is 15.3 Å². The highest BCUT2D eigenvalue weighted by molar-refractivity contribution is 5.89. The van der Waals surface area contributed by atoms with Crippen LogP contribution in [0.1, 0.15) is 24.4 Å². The Morgan fingerprint density at radius 1 is 1.35 bits per heavy atom. The van der Waals surface area contributed by atoms with Crippen molar-refractivity contribution in [3.8, 4) is 5.88 Å². The summed E-state index contributed by atoms with van der Waals surface area (Å²) < 4.78 is 5.29. The standard InChI is InChI=1S/C13H15N3O/c1-17-13-9-4-6-14-7-10(9)11(8-16-13)12-3-2-5-15-12/h4,6-8,12,15H,2-3,5H2,1H3/t12-/m0/s1. The molecular formula is C13H15N3O. The Hall–Kier alpha value is -1.68. The Morgan fingerprint density at radius 3 is 3.06 bits per heavy atom. The largest absolute Gasteiger partial charge is 0.481 e. The van der Waals surface area contributed by atoms with Gasteiger partial charge in [0.1, 0.15) is 0 Å². The molecule has 1 saturated heterocycles. The van der Waals surface area contributed by atoms with Gasteiger partial charge in [-0.2, -0.15) is 0 Å². The molecule has 2 aromatic rings. The maximum Gasteiger partial charge on any atom is 0.221 e. The molecular weight excluding hydrogens is 214 g/mol. The van der Waals surface area contributed by atoms with Crippen molar-refractivity contribution in [3.05, 3.63) is 30.2 Å². The molecule has 1 aliphatic rings. The summed E-state index contributed by atoms with van der Waals surface area (Å²) in [6, 6.07) is 2.36. The fraction of sp³-hybridized carbons (Fsp3) is 0.385. The quantitative estimate of drug-likeness (QED) is 0.856. The van der Waals surface area contributed by atoms with Crippen molar-refractivity contribution in [2.45, 2.75) is 18.9 Å². The number of nitrogens with one attached hydrogen (secondary N) is 1. The molecule has 0 bridgehead atoms. The molecule has 1 N–H and O–H groups in total. The molecule has 2 aromatic heterocycles. The van der Waals surface area contributed by atoms with Crippen LogP contribution in [0.4, 0.5) is 0 Å². The van der Waals surface area contributed by atoms with E-state index in [-0.39, 0.29) is 0 Å². The Labute approximate surface area is 100 Å². The third kappa shape index (κ3) is 1.74. The average Bonchev–Trinajstić information content (AvgIpc) is 2.91. The highest BCUT2D eigenvalue weighted by Crippen LogP contribution is 2.32. The van der Waals surface area contributed by atoms with Gasteiger partial charge in [0.25, 0.3) is 0 Å². The number of aromatic nitrogens is 2. The van der Waals surface area contributed by atoms with Crippen molar-refractivity contribution in [1.29, 1.82) is 0 Å². The van der Waals surface area contributed by atoms with Crippen LogP contribution in [0.3, 0.4) is 0 Å². The summed E-state index contributed by atoms with van der Waals surface area (Å²) in [5.74, 6) is 0.671. The van der Waals surface area contributed by atoms with E-state index in [9.17, 15) is 0 Å².